The van der Waals surface area contributed by atoms with Gasteiger partial charge in [-0.1, -0.05) is 0 Å². The van der Waals surface area contributed by atoms with E-state index in [0.29, 0.717) is 44.5 Å². The largest absolute Gasteiger partial charge is 0.480 e. The number of hydrogen-bond donors (Lipinski definition) is 1. The number of carboxylic acid groups (broad SMARTS) is 1. The average molecular weight is 339 g/mol. The molecule has 1 atom stereocenters. The van der Waals surface area contributed by atoms with Gasteiger partial charge in [0.05, 0.1) is 11.5 Å². The lowest BCUT2D eigenvalue weighted by Crippen LogP contribution is -2.53. The van der Waals surface area contributed by atoms with Gasteiger partial charge in [0.2, 0.25) is 5.91 Å². The normalized spacial score (nSPS) is 23.5. The van der Waals surface area contributed by atoms with Crippen molar-refractivity contribution in [3.05, 3.63) is 35.4 Å². The lowest BCUT2D eigenvalue weighted by atomic mass is 9.70. The highest BCUT2D eigenvalue weighted by Crippen LogP contribution is 2.46. The fraction of sp³-hybridized carbons (Fsp3) is 0.529. The Balaban J connectivity index is 1.94. The molecular weight excluding hydrogens is 320 g/mol. The van der Waals surface area contributed by atoms with Crippen molar-refractivity contribution >= 4 is 11.9 Å². The summed E-state index contributed by atoms with van der Waals surface area (Å²) in [5, 5.41) is 9.18. The number of halogens is 2. The summed E-state index contributed by atoms with van der Waals surface area (Å²) in [7, 11) is 0. The van der Waals surface area contributed by atoms with Crippen LogP contribution >= 0.6 is 0 Å². The monoisotopic (exact) mass is 339 g/mol. The van der Waals surface area contributed by atoms with Gasteiger partial charge in [0.1, 0.15) is 18.2 Å². The molecule has 1 aromatic carbocycles. The first-order chi connectivity index (χ1) is 11.4. The van der Waals surface area contributed by atoms with Crippen molar-refractivity contribution in [3.63, 3.8) is 0 Å². The summed E-state index contributed by atoms with van der Waals surface area (Å²) >= 11 is 0. The number of aliphatic carboxylic acids is 1. The highest BCUT2D eigenvalue weighted by Gasteiger charge is 2.48. The van der Waals surface area contributed by atoms with E-state index in [1.54, 1.807) is 0 Å². The van der Waals surface area contributed by atoms with Crippen molar-refractivity contribution in [1.29, 1.82) is 0 Å². The number of hydrogen-bond acceptors (Lipinski definition) is 3. The molecule has 1 N–H and O–H groups in total. The molecule has 1 amide bonds. The molecule has 7 heteroatoms. The third-order valence-corrected chi connectivity index (χ3v) is 5.01. The fourth-order valence-corrected chi connectivity index (χ4v) is 3.79. The summed E-state index contributed by atoms with van der Waals surface area (Å²) in [4.78, 5) is 25.5. The first kappa shape index (κ1) is 16.8. The Labute approximate surface area is 138 Å². The van der Waals surface area contributed by atoms with E-state index in [-0.39, 0.29) is 5.91 Å². The number of carboxylic acids is 1. The van der Waals surface area contributed by atoms with Crippen molar-refractivity contribution in [3.8, 4) is 0 Å². The lowest BCUT2D eigenvalue weighted by Gasteiger charge is -2.47. The van der Waals surface area contributed by atoms with Crippen LogP contribution in [0.4, 0.5) is 8.78 Å². The maximum atomic E-state index is 13.5. The van der Waals surface area contributed by atoms with E-state index in [1.807, 2.05) is 0 Å². The van der Waals surface area contributed by atoms with Crippen LogP contribution in [0.25, 0.3) is 0 Å². The number of rotatable bonds is 3. The van der Waals surface area contributed by atoms with Gasteiger partial charge in [-0.15, -0.1) is 0 Å². The van der Waals surface area contributed by atoms with Crippen molar-refractivity contribution in [2.24, 2.45) is 5.41 Å². The van der Waals surface area contributed by atoms with Crippen LogP contribution in [0.3, 0.4) is 0 Å². The zero-order valence-corrected chi connectivity index (χ0v) is 13.1. The summed E-state index contributed by atoms with van der Waals surface area (Å²) in [6, 6.07) is 2.46. The van der Waals surface area contributed by atoms with Crippen molar-refractivity contribution in [2.45, 2.75) is 31.7 Å². The summed E-state index contributed by atoms with van der Waals surface area (Å²) in [6.45, 7) is 0.446. The van der Waals surface area contributed by atoms with Crippen molar-refractivity contribution < 1.29 is 28.2 Å². The van der Waals surface area contributed by atoms with Gasteiger partial charge in [0.15, 0.2) is 0 Å². The van der Waals surface area contributed by atoms with E-state index in [4.69, 9.17) is 4.74 Å². The van der Waals surface area contributed by atoms with Gasteiger partial charge in [0.25, 0.3) is 0 Å². The molecule has 24 heavy (non-hydrogen) atoms. The molecule has 2 fully saturated rings. The van der Waals surface area contributed by atoms with Crippen molar-refractivity contribution in [1.82, 2.24) is 4.90 Å². The topological polar surface area (TPSA) is 66.8 Å². The molecule has 2 aliphatic heterocycles. The molecule has 5 nitrogen and oxygen atoms in total. The Morgan fingerprint density at radius 1 is 1.21 bits per heavy atom. The predicted molar refractivity (Wildman–Crippen MR) is 80.2 cm³/mol. The first-order valence-corrected chi connectivity index (χ1v) is 7.98. The lowest BCUT2D eigenvalue weighted by molar-refractivity contribution is -0.162. The molecule has 0 bridgehead atoms. The Bertz CT molecular complexity index is 638. The molecule has 1 spiro atoms. The highest BCUT2D eigenvalue weighted by atomic mass is 19.1. The van der Waals surface area contributed by atoms with Crippen molar-refractivity contribution in [2.75, 3.05) is 19.8 Å². The molecule has 2 heterocycles. The predicted octanol–water partition coefficient (Wildman–Crippen LogP) is 2.51. The molecule has 1 unspecified atom stereocenters. The number of carbonyl (C=O) groups excluding carboxylic acids is 1. The summed E-state index contributed by atoms with van der Waals surface area (Å²) in [5.74, 6) is -2.87. The fourth-order valence-electron chi connectivity index (χ4n) is 3.79. The Kier molecular flexibility index (Phi) is 4.54. The van der Waals surface area contributed by atoms with E-state index < -0.39 is 35.6 Å². The second-order valence-corrected chi connectivity index (χ2v) is 6.48. The van der Waals surface area contributed by atoms with Gasteiger partial charge < -0.3 is 14.7 Å². The molecule has 2 saturated heterocycles. The molecule has 0 radical (unpaired) electrons. The van der Waals surface area contributed by atoms with Crippen LogP contribution in [-0.2, 0) is 14.3 Å². The number of benzene rings is 1. The van der Waals surface area contributed by atoms with Crippen LogP contribution in [0.1, 0.15) is 37.3 Å². The number of ether oxygens (including phenoxy) is 1. The minimum Gasteiger partial charge on any atom is -0.480 e. The first-order valence-electron chi connectivity index (χ1n) is 7.98. The molecule has 1 aromatic rings. The summed E-state index contributed by atoms with van der Waals surface area (Å²) < 4.78 is 32.4. The Morgan fingerprint density at radius 2 is 1.83 bits per heavy atom. The SMILES string of the molecule is O=C(O)CN1C(=O)C2(CCOCC2)CCC1c1cc(F)cc(F)c1. The standard InChI is InChI=1S/C17H19F2NO4/c18-12-7-11(8-13(19)9-12)14-1-2-17(3-5-24-6-4-17)16(23)20(14)10-15(21)22/h7-9,14H,1-6,10H2,(H,21,22). The quantitative estimate of drug-likeness (QED) is 0.919. The average Bonchev–Trinajstić information content (AvgIpc) is 2.52. The van der Waals surface area contributed by atoms with Gasteiger partial charge in [-0.05, 0) is 43.4 Å². The third-order valence-electron chi connectivity index (χ3n) is 5.01. The smallest absolute Gasteiger partial charge is 0.323 e. The van der Waals surface area contributed by atoms with E-state index in [0.717, 1.165) is 18.2 Å². The molecule has 3 rings (SSSR count). The number of piperidine rings is 1. The maximum absolute atomic E-state index is 13.5. The zero-order chi connectivity index (χ0) is 17.3. The number of nitrogens with zero attached hydrogens (tertiary/aromatic N) is 1. The molecule has 0 aliphatic carbocycles. The van der Waals surface area contributed by atoms with Gasteiger partial charge in [0, 0.05) is 19.3 Å². The van der Waals surface area contributed by atoms with Gasteiger partial charge in [-0.25, -0.2) is 8.78 Å². The molecular formula is C17H19F2NO4. The molecule has 0 saturated carbocycles. The van der Waals surface area contributed by atoms with Crippen LogP contribution < -0.4 is 0 Å². The summed E-state index contributed by atoms with van der Waals surface area (Å²) in [5.41, 5.74) is -0.320. The van der Waals surface area contributed by atoms with E-state index in [2.05, 4.69) is 0 Å². The number of likely N-dealkylation sites (tertiary alicyclic amines) is 1. The third kappa shape index (κ3) is 3.13. The van der Waals surface area contributed by atoms with Crippen LogP contribution in [0.15, 0.2) is 18.2 Å². The zero-order valence-electron chi connectivity index (χ0n) is 13.1. The van der Waals surface area contributed by atoms with Crippen LogP contribution in [-0.4, -0.2) is 41.6 Å². The molecule has 0 aromatic heterocycles. The van der Waals surface area contributed by atoms with E-state index in [9.17, 15) is 23.5 Å². The molecule has 2 aliphatic rings. The van der Waals surface area contributed by atoms with E-state index in [1.165, 1.54) is 4.90 Å². The summed E-state index contributed by atoms with van der Waals surface area (Å²) in [6.07, 6.45) is 2.13. The second-order valence-electron chi connectivity index (χ2n) is 6.48. The van der Waals surface area contributed by atoms with Crippen LogP contribution in [0.2, 0.25) is 0 Å². The molecule has 130 valence electrons. The minimum absolute atomic E-state index is 0.255. The maximum Gasteiger partial charge on any atom is 0.323 e. The Hall–Kier alpha value is -2.02. The second kappa shape index (κ2) is 6.47. The van der Waals surface area contributed by atoms with Crippen LogP contribution in [0.5, 0.6) is 0 Å². The van der Waals surface area contributed by atoms with Gasteiger partial charge >= 0.3 is 5.97 Å². The highest BCUT2D eigenvalue weighted by molar-refractivity contribution is 5.87. The van der Waals surface area contributed by atoms with E-state index >= 15 is 0 Å². The van der Waals surface area contributed by atoms with Gasteiger partial charge in [-0.3, -0.25) is 9.59 Å². The number of amides is 1. The minimum atomic E-state index is -1.14. The Morgan fingerprint density at radius 3 is 2.42 bits per heavy atom. The van der Waals surface area contributed by atoms with Crippen LogP contribution in [0, 0.1) is 17.0 Å². The van der Waals surface area contributed by atoms with Gasteiger partial charge in [-0.2, -0.15) is 0 Å². The number of carbonyl (C=O) groups is 2.